The van der Waals surface area contributed by atoms with Crippen LogP contribution in [0.25, 0.3) is 0 Å². The van der Waals surface area contributed by atoms with Gasteiger partial charge >= 0.3 is 0 Å². The van der Waals surface area contributed by atoms with Gasteiger partial charge in [-0.2, -0.15) is 10.4 Å². The minimum absolute atomic E-state index is 0.465. The summed E-state index contributed by atoms with van der Waals surface area (Å²) in [6, 6.07) is 3.06. The lowest BCUT2D eigenvalue weighted by molar-refractivity contribution is 0.318. The molecule has 21 heavy (non-hydrogen) atoms. The molecule has 3 nitrogen and oxygen atoms in total. The fraction of sp³-hybridized carbons (Fsp3) is 0.778. The van der Waals surface area contributed by atoms with Crippen LogP contribution in [0.15, 0.2) is 0 Å². The summed E-state index contributed by atoms with van der Waals surface area (Å²) in [5.74, 6) is 1.18. The fourth-order valence-electron chi connectivity index (χ4n) is 4.46. The van der Waals surface area contributed by atoms with Gasteiger partial charge in [-0.05, 0) is 44.9 Å². The lowest BCUT2D eigenvalue weighted by Gasteiger charge is -2.27. The Morgan fingerprint density at radius 1 is 1.05 bits per heavy atom. The Hall–Kier alpha value is -1.30. The predicted octanol–water partition coefficient (Wildman–Crippen LogP) is 4.60. The smallest absolute Gasteiger partial charge is 0.0693 e. The molecule has 1 aromatic heterocycles. The number of nitriles is 1. The van der Waals surface area contributed by atoms with Crippen molar-refractivity contribution in [2.75, 3.05) is 0 Å². The molecular weight excluding hydrogens is 258 g/mol. The third-order valence-electron chi connectivity index (χ3n) is 5.68. The van der Waals surface area contributed by atoms with Crippen molar-refractivity contribution < 1.29 is 0 Å². The molecule has 1 heterocycles. The van der Waals surface area contributed by atoms with Crippen LogP contribution in [0.1, 0.15) is 99.0 Å². The summed E-state index contributed by atoms with van der Waals surface area (Å²) in [6.07, 6.45) is 13.7. The number of hydrogen-bond donors (Lipinski definition) is 0. The van der Waals surface area contributed by atoms with E-state index in [9.17, 15) is 0 Å². The zero-order chi connectivity index (χ0) is 14.2. The van der Waals surface area contributed by atoms with Crippen molar-refractivity contribution in [1.82, 2.24) is 9.78 Å². The van der Waals surface area contributed by atoms with Gasteiger partial charge in [0.2, 0.25) is 0 Å². The largest absolute Gasteiger partial charge is 0.266 e. The molecular formula is C18H25N3. The molecule has 0 radical (unpaired) electrons. The van der Waals surface area contributed by atoms with Crippen molar-refractivity contribution in [3.8, 4) is 6.07 Å². The monoisotopic (exact) mass is 283 g/mol. The first-order valence-electron chi connectivity index (χ1n) is 8.86. The highest BCUT2D eigenvalue weighted by molar-refractivity contribution is 5.37. The lowest BCUT2D eigenvalue weighted by Crippen LogP contribution is -2.19. The van der Waals surface area contributed by atoms with Crippen molar-refractivity contribution >= 4 is 0 Å². The van der Waals surface area contributed by atoms with Gasteiger partial charge in [-0.3, -0.25) is 4.68 Å². The van der Waals surface area contributed by atoms with Gasteiger partial charge in [0.1, 0.15) is 0 Å². The first-order valence-corrected chi connectivity index (χ1v) is 8.86. The number of fused-ring (bicyclic) bond motifs is 1. The van der Waals surface area contributed by atoms with Crippen LogP contribution in [0.2, 0.25) is 0 Å². The minimum Gasteiger partial charge on any atom is -0.266 e. The second-order valence-corrected chi connectivity index (χ2v) is 7.21. The molecule has 2 fully saturated rings. The molecule has 0 N–H and O–H groups in total. The fourth-order valence-corrected chi connectivity index (χ4v) is 4.46. The third kappa shape index (κ3) is 2.39. The Morgan fingerprint density at radius 3 is 2.57 bits per heavy atom. The van der Waals surface area contributed by atoms with Gasteiger partial charge in [0.25, 0.3) is 0 Å². The highest BCUT2D eigenvalue weighted by Crippen LogP contribution is 2.48. The Morgan fingerprint density at radius 2 is 1.86 bits per heavy atom. The molecule has 3 aliphatic carbocycles. The molecule has 2 saturated carbocycles. The number of hydrogen-bond acceptors (Lipinski definition) is 2. The zero-order valence-corrected chi connectivity index (χ0v) is 12.9. The average Bonchev–Trinajstić information content (AvgIpc) is 3.29. The summed E-state index contributed by atoms with van der Waals surface area (Å²) in [5, 5.41) is 14.3. The van der Waals surface area contributed by atoms with Gasteiger partial charge in [-0.1, -0.05) is 19.3 Å². The molecule has 0 aliphatic heterocycles. The molecule has 112 valence electrons. The summed E-state index contributed by atoms with van der Waals surface area (Å²) in [6.45, 7) is 0. The van der Waals surface area contributed by atoms with Gasteiger partial charge < -0.3 is 0 Å². The van der Waals surface area contributed by atoms with E-state index in [1.165, 1.54) is 81.2 Å². The quantitative estimate of drug-likeness (QED) is 0.813. The van der Waals surface area contributed by atoms with E-state index in [1.54, 1.807) is 0 Å². The van der Waals surface area contributed by atoms with Crippen LogP contribution in [0.5, 0.6) is 0 Å². The number of rotatable bonds is 3. The van der Waals surface area contributed by atoms with Gasteiger partial charge in [0.15, 0.2) is 0 Å². The molecule has 3 heteroatoms. The van der Waals surface area contributed by atoms with Crippen molar-refractivity contribution in [3.05, 3.63) is 17.0 Å². The zero-order valence-electron chi connectivity index (χ0n) is 12.9. The van der Waals surface area contributed by atoms with Crippen molar-refractivity contribution in [2.24, 2.45) is 0 Å². The van der Waals surface area contributed by atoms with E-state index >= 15 is 0 Å². The summed E-state index contributed by atoms with van der Waals surface area (Å²) < 4.78 is 2.42. The molecule has 3 aliphatic rings. The van der Waals surface area contributed by atoms with Gasteiger partial charge in [-0.15, -0.1) is 0 Å². The number of nitrogens with zero attached hydrogens (tertiary/aromatic N) is 3. The van der Waals surface area contributed by atoms with Gasteiger partial charge in [-0.25, -0.2) is 0 Å². The average molecular weight is 283 g/mol. The van der Waals surface area contributed by atoms with E-state index in [1.807, 2.05) is 0 Å². The maximum atomic E-state index is 9.17. The van der Waals surface area contributed by atoms with Gasteiger partial charge in [0.05, 0.1) is 17.8 Å². The Labute approximate surface area is 127 Å². The van der Waals surface area contributed by atoms with Crippen molar-refractivity contribution in [2.45, 2.75) is 88.5 Å². The Bertz CT molecular complexity index is 556. The Kier molecular flexibility index (Phi) is 3.49. The minimum atomic E-state index is 0.465. The molecule has 0 saturated heterocycles. The van der Waals surface area contributed by atoms with E-state index in [0.29, 0.717) is 24.3 Å². The molecule has 1 unspecified atom stereocenters. The van der Waals surface area contributed by atoms with Crippen LogP contribution in [0.3, 0.4) is 0 Å². The third-order valence-corrected chi connectivity index (χ3v) is 5.68. The van der Waals surface area contributed by atoms with E-state index < -0.39 is 0 Å². The van der Waals surface area contributed by atoms with E-state index in [4.69, 9.17) is 10.4 Å². The van der Waals surface area contributed by atoms with Crippen molar-refractivity contribution in [3.63, 3.8) is 0 Å². The first kappa shape index (κ1) is 13.4. The van der Waals surface area contributed by atoms with Crippen LogP contribution in [-0.4, -0.2) is 9.78 Å². The molecule has 0 bridgehead atoms. The van der Waals surface area contributed by atoms with Crippen LogP contribution in [0, 0.1) is 11.3 Å². The molecule has 0 aromatic carbocycles. The first-order chi connectivity index (χ1) is 10.4. The molecule has 0 spiro atoms. The highest BCUT2D eigenvalue weighted by Gasteiger charge is 2.37. The molecule has 1 atom stereocenters. The summed E-state index contributed by atoms with van der Waals surface area (Å²) >= 11 is 0. The summed E-state index contributed by atoms with van der Waals surface area (Å²) in [5.41, 5.74) is 4.40. The van der Waals surface area contributed by atoms with E-state index in [-0.39, 0.29) is 0 Å². The standard InChI is InChI=1S/C18H25N3/c19-12-11-13-5-4-8-16-17(13)18(14-9-10-14)20-21(16)15-6-2-1-3-7-15/h13-15H,1-11H2. The predicted molar refractivity (Wildman–Crippen MR) is 82.2 cm³/mol. The summed E-state index contributed by atoms with van der Waals surface area (Å²) in [4.78, 5) is 0. The van der Waals surface area contributed by atoms with Crippen LogP contribution in [0.4, 0.5) is 0 Å². The summed E-state index contributed by atoms with van der Waals surface area (Å²) in [7, 11) is 0. The van der Waals surface area contributed by atoms with Crippen LogP contribution >= 0.6 is 0 Å². The highest BCUT2D eigenvalue weighted by atomic mass is 15.3. The lowest BCUT2D eigenvalue weighted by atomic mass is 9.82. The second kappa shape index (κ2) is 5.48. The maximum Gasteiger partial charge on any atom is 0.0693 e. The van der Waals surface area contributed by atoms with Gasteiger partial charge in [0, 0.05) is 29.5 Å². The second-order valence-electron chi connectivity index (χ2n) is 7.21. The van der Waals surface area contributed by atoms with Crippen LogP contribution < -0.4 is 0 Å². The topological polar surface area (TPSA) is 41.6 Å². The molecule has 4 rings (SSSR count). The van der Waals surface area contributed by atoms with Crippen LogP contribution in [-0.2, 0) is 6.42 Å². The normalized spacial score (nSPS) is 26.3. The molecule has 0 amide bonds. The van der Waals surface area contributed by atoms with E-state index in [2.05, 4.69) is 10.8 Å². The number of aromatic nitrogens is 2. The van der Waals surface area contributed by atoms with E-state index in [0.717, 1.165) is 0 Å². The van der Waals surface area contributed by atoms with Crippen molar-refractivity contribution in [1.29, 1.82) is 5.26 Å². The SMILES string of the molecule is N#CCC1CCCc2c1c(C1CC1)nn2C1CCCCC1. The maximum absolute atomic E-state index is 9.17. The Balaban J connectivity index is 1.74. The molecule has 1 aromatic rings.